The molecule has 4 aliphatic carbocycles. The van der Waals surface area contributed by atoms with Gasteiger partial charge in [0.25, 0.3) is 0 Å². The van der Waals surface area contributed by atoms with Crippen molar-refractivity contribution in [3.63, 3.8) is 0 Å². The number of carbonyl (C=O) groups excluding carboxylic acids is 3. The van der Waals surface area contributed by atoms with Crippen molar-refractivity contribution < 1.29 is 34.1 Å². The lowest BCUT2D eigenvalue weighted by molar-refractivity contribution is -0.153. The number of methoxy groups -OCH3 is 1. The largest absolute Gasteiger partial charge is 0.467 e. The van der Waals surface area contributed by atoms with Gasteiger partial charge < -0.3 is 30.0 Å². The minimum Gasteiger partial charge on any atom is -0.467 e. The fourth-order valence-corrected chi connectivity index (χ4v) is 9.00. The Morgan fingerprint density at radius 2 is 2.10 bits per heavy atom. The monoisotopic (exact) mass is 546 g/mol. The number of nitrogens with one attached hydrogen (secondary N) is 2. The van der Waals surface area contributed by atoms with Crippen molar-refractivity contribution in [1.29, 1.82) is 0 Å². The fourth-order valence-electron chi connectivity index (χ4n) is 9.00. The summed E-state index contributed by atoms with van der Waals surface area (Å²) in [5, 5.41) is 26.6. The van der Waals surface area contributed by atoms with Crippen LogP contribution in [0, 0.1) is 28.6 Å². The van der Waals surface area contributed by atoms with Crippen LogP contribution in [0.1, 0.15) is 38.2 Å². The number of hydrogen-bond acceptors (Lipinski definition) is 7. The average Bonchev–Trinajstić information content (AvgIpc) is 3.56. The summed E-state index contributed by atoms with van der Waals surface area (Å²) < 4.78 is 10.7. The molecular formula is C31H34N2O7. The van der Waals surface area contributed by atoms with Crippen LogP contribution in [-0.2, 0) is 30.3 Å². The molecule has 4 N–H and O–H groups in total. The van der Waals surface area contributed by atoms with Crippen molar-refractivity contribution in [2.75, 3.05) is 7.11 Å². The summed E-state index contributed by atoms with van der Waals surface area (Å²) in [7, 11) is 1.29. The number of para-hydroxylation sites is 1. The number of aromatic nitrogens is 1. The third-order valence-electron chi connectivity index (χ3n) is 10.9. The number of amides is 1. The molecule has 9 nitrogen and oxygen atoms in total. The maximum absolute atomic E-state index is 14.5. The molecule has 1 aromatic heterocycles. The van der Waals surface area contributed by atoms with E-state index in [-0.39, 0.29) is 18.2 Å². The molecule has 9 atom stereocenters. The predicted octanol–water partition coefficient (Wildman–Crippen LogP) is 2.32. The summed E-state index contributed by atoms with van der Waals surface area (Å²) >= 11 is 0. The lowest BCUT2D eigenvalue weighted by Crippen LogP contribution is -2.55. The van der Waals surface area contributed by atoms with Gasteiger partial charge in [0.2, 0.25) is 5.91 Å². The standard InChI is InChI=1S/C31H34N2O7/c1-15-12-30-14-31(15,38)9-8-19(30)18-11-22-25(34)29(2,28(37)40-22)23(18)24(30)26(35)33-21(27(36)39-3)10-16-13-32-20-7-5-4-6-17(16)20/h4-7,11,13,19,21-25,32,34,38H,1,8-10,12,14H2,2-3H3,(H,33,35)/t19-,21-,22-,23+,24+,25-,29-,30-,31+/m0/s1. The maximum Gasteiger partial charge on any atom is 0.328 e. The molecule has 4 fully saturated rings. The third kappa shape index (κ3) is 3.13. The predicted molar refractivity (Wildman–Crippen MR) is 143 cm³/mol. The van der Waals surface area contributed by atoms with Gasteiger partial charge in [0, 0.05) is 29.4 Å². The molecule has 5 aliphatic rings. The quantitative estimate of drug-likeness (QED) is 0.334. The van der Waals surface area contributed by atoms with Gasteiger partial charge in [-0.25, -0.2) is 4.79 Å². The molecule has 1 saturated heterocycles. The van der Waals surface area contributed by atoms with Gasteiger partial charge in [0.15, 0.2) is 0 Å². The molecule has 2 aromatic rings. The number of hydrogen-bond donors (Lipinski definition) is 4. The molecule has 4 bridgehead atoms. The third-order valence-corrected chi connectivity index (χ3v) is 10.9. The lowest BCUT2D eigenvalue weighted by Gasteiger charge is -2.43. The lowest BCUT2D eigenvalue weighted by atomic mass is 9.60. The Bertz CT molecular complexity index is 1510. The first-order chi connectivity index (χ1) is 19.0. The number of rotatable bonds is 5. The highest BCUT2D eigenvalue weighted by Crippen LogP contribution is 2.74. The van der Waals surface area contributed by atoms with Gasteiger partial charge in [0.05, 0.1) is 18.6 Å². The average molecular weight is 547 g/mol. The summed E-state index contributed by atoms with van der Waals surface area (Å²) in [6.45, 7) is 5.88. The van der Waals surface area contributed by atoms with Crippen LogP contribution in [0.3, 0.4) is 0 Å². The van der Waals surface area contributed by atoms with Gasteiger partial charge in [-0.3, -0.25) is 9.59 Å². The van der Waals surface area contributed by atoms with Gasteiger partial charge in [-0.05, 0) is 67.2 Å². The Kier molecular flexibility index (Phi) is 5.30. The summed E-state index contributed by atoms with van der Waals surface area (Å²) in [6.07, 6.45) is 4.00. The molecule has 1 aliphatic heterocycles. The van der Waals surface area contributed by atoms with Gasteiger partial charge in [-0.15, -0.1) is 0 Å². The van der Waals surface area contributed by atoms with Gasteiger partial charge in [0.1, 0.15) is 23.7 Å². The second kappa shape index (κ2) is 8.30. The maximum atomic E-state index is 14.5. The van der Waals surface area contributed by atoms with E-state index in [1.165, 1.54) is 7.11 Å². The molecule has 0 unspecified atom stereocenters. The Morgan fingerprint density at radius 3 is 2.88 bits per heavy atom. The summed E-state index contributed by atoms with van der Waals surface area (Å²) in [4.78, 5) is 44.0. The molecule has 2 heterocycles. The molecule has 210 valence electrons. The highest BCUT2D eigenvalue weighted by atomic mass is 16.6. The van der Waals surface area contributed by atoms with E-state index in [1.54, 1.807) is 6.92 Å². The minimum absolute atomic E-state index is 0.0678. The first-order valence-electron chi connectivity index (χ1n) is 14.0. The number of esters is 2. The van der Waals surface area contributed by atoms with Crippen molar-refractivity contribution >= 4 is 28.7 Å². The summed E-state index contributed by atoms with van der Waals surface area (Å²) in [6, 6.07) is 6.75. The Balaban J connectivity index is 1.30. The molecular weight excluding hydrogens is 512 g/mol. The minimum atomic E-state index is -1.32. The fraction of sp³-hybridized carbons (Fsp3) is 0.516. The van der Waals surface area contributed by atoms with Crippen molar-refractivity contribution in [3.8, 4) is 0 Å². The number of carbonyl (C=O) groups is 3. The van der Waals surface area contributed by atoms with Crippen molar-refractivity contribution in [3.05, 3.63) is 59.8 Å². The van der Waals surface area contributed by atoms with Crippen molar-refractivity contribution in [1.82, 2.24) is 10.3 Å². The highest BCUT2D eigenvalue weighted by Gasteiger charge is 2.75. The molecule has 0 radical (unpaired) electrons. The molecule has 7 rings (SSSR count). The number of ether oxygens (including phenoxy) is 2. The molecule has 9 heteroatoms. The van der Waals surface area contributed by atoms with Crippen LogP contribution in [0.5, 0.6) is 0 Å². The zero-order valence-corrected chi connectivity index (χ0v) is 22.6. The van der Waals surface area contributed by atoms with E-state index in [2.05, 4.69) is 16.9 Å². The first kappa shape index (κ1) is 25.5. The van der Waals surface area contributed by atoms with E-state index >= 15 is 0 Å². The van der Waals surface area contributed by atoms with Crippen LogP contribution in [-0.4, -0.2) is 64.0 Å². The molecule has 3 saturated carbocycles. The number of benzene rings is 1. The van der Waals surface area contributed by atoms with Crippen LogP contribution >= 0.6 is 0 Å². The smallest absolute Gasteiger partial charge is 0.328 e. The SMILES string of the molecule is C=C1C[C@]23C[C@]1(O)CC[C@H]2C1=C[C@@H]2OC(=O)[C@@](C)([C@H]1[C@@H]3C(=O)N[C@@H](Cc1c[nH]c3ccccc13)C(=O)OC)[C@H]2O. The van der Waals surface area contributed by atoms with E-state index in [1.807, 2.05) is 36.5 Å². The van der Waals surface area contributed by atoms with E-state index in [0.717, 1.165) is 22.0 Å². The van der Waals surface area contributed by atoms with E-state index < -0.39 is 58.5 Å². The van der Waals surface area contributed by atoms with Crippen LogP contribution in [0.2, 0.25) is 0 Å². The second-order valence-corrected chi connectivity index (χ2v) is 12.7. The Labute approximate surface area is 231 Å². The normalized spacial score (nSPS) is 39.8. The molecule has 1 aromatic carbocycles. The number of allylic oxidation sites excluding steroid dienone is 1. The number of H-pyrrole nitrogens is 1. The van der Waals surface area contributed by atoms with Crippen molar-refractivity contribution in [2.45, 2.75) is 62.9 Å². The zero-order chi connectivity index (χ0) is 28.2. The highest BCUT2D eigenvalue weighted by molar-refractivity contribution is 5.91. The van der Waals surface area contributed by atoms with Crippen LogP contribution < -0.4 is 5.32 Å². The summed E-state index contributed by atoms with van der Waals surface area (Å²) in [5.74, 6) is -2.97. The van der Waals surface area contributed by atoms with E-state index in [9.17, 15) is 24.6 Å². The zero-order valence-electron chi connectivity index (χ0n) is 22.6. The topological polar surface area (TPSA) is 138 Å². The van der Waals surface area contributed by atoms with E-state index in [4.69, 9.17) is 9.47 Å². The number of fused-ring (bicyclic) bond motifs is 7. The van der Waals surface area contributed by atoms with Crippen LogP contribution in [0.25, 0.3) is 10.9 Å². The van der Waals surface area contributed by atoms with Gasteiger partial charge >= 0.3 is 11.9 Å². The number of aliphatic hydroxyl groups excluding tert-OH is 1. The van der Waals surface area contributed by atoms with Crippen molar-refractivity contribution in [2.24, 2.45) is 28.6 Å². The molecule has 1 amide bonds. The molecule has 1 spiro atoms. The summed E-state index contributed by atoms with van der Waals surface area (Å²) in [5.41, 5.74) is 0.360. The van der Waals surface area contributed by atoms with Crippen LogP contribution in [0.15, 0.2) is 54.3 Å². The van der Waals surface area contributed by atoms with Gasteiger partial charge in [-0.1, -0.05) is 30.4 Å². The Hall–Kier alpha value is -3.43. The van der Waals surface area contributed by atoms with E-state index in [0.29, 0.717) is 31.3 Å². The Morgan fingerprint density at radius 1 is 1.32 bits per heavy atom. The number of aliphatic hydroxyl groups is 2. The van der Waals surface area contributed by atoms with Crippen LogP contribution in [0.4, 0.5) is 0 Å². The van der Waals surface area contributed by atoms with Gasteiger partial charge in [-0.2, -0.15) is 0 Å². The number of aromatic amines is 1. The second-order valence-electron chi connectivity index (χ2n) is 12.7. The first-order valence-corrected chi connectivity index (χ1v) is 14.0. The molecule has 40 heavy (non-hydrogen) atoms.